The van der Waals surface area contributed by atoms with Gasteiger partial charge in [0.1, 0.15) is 11.8 Å². The smallest absolute Gasteiger partial charge is 0.262 e. The van der Waals surface area contributed by atoms with Gasteiger partial charge in [0, 0.05) is 17.4 Å². The fourth-order valence-electron chi connectivity index (χ4n) is 2.67. The summed E-state index contributed by atoms with van der Waals surface area (Å²) < 4.78 is 5.56. The molecule has 6 nitrogen and oxygen atoms in total. The van der Waals surface area contributed by atoms with Gasteiger partial charge in [-0.1, -0.05) is 54.6 Å². The number of benzene rings is 3. The van der Waals surface area contributed by atoms with Gasteiger partial charge in [-0.2, -0.15) is 0 Å². The zero-order chi connectivity index (χ0) is 19.8. The molecule has 3 aromatic carbocycles. The van der Waals surface area contributed by atoms with Crippen LogP contribution < -0.4 is 21.1 Å². The molecule has 3 rings (SSSR count). The van der Waals surface area contributed by atoms with E-state index in [0.29, 0.717) is 17.1 Å². The number of anilines is 2. The fraction of sp³-hybridized carbons (Fsp3) is 0.0909. The molecule has 0 bridgehead atoms. The van der Waals surface area contributed by atoms with Gasteiger partial charge in [0.25, 0.3) is 5.91 Å². The molecule has 0 saturated carbocycles. The van der Waals surface area contributed by atoms with Crippen molar-refractivity contribution in [1.29, 1.82) is 0 Å². The zero-order valence-corrected chi connectivity index (χ0v) is 15.2. The molecule has 0 aliphatic carbocycles. The van der Waals surface area contributed by atoms with E-state index in [4.69, 9.17) is 10.5 Å². The van der Waals surface area contributed by atoms with Crippen LogP contribution in [0.4, 0.5) is 11.4 Å². The van der Waals surface area contributed by atoms with Crippen molar-refractivity contribution in [3.8, 4) is 5.75 Å². The lowest BCUT2D eigenvalue weighted by Gasteiger charge is -2.17. The molecular formula is C22H21N3O3. The van der Waals surface area contributed by atoms with E-state index in [1.807, 2.05) is 48.5 Å². The van der Waals surface area contributed by atoms with Gasteiger partial charge in [-0.3, -0.25) is 9.59 Å². The number of rotatable bonds is 8. The Morgan fingerprint density at radius 1 is 0.857 bits per heavy atom. The quantitative estimate of drug-likeness (QED) is 0.563. The van der Waals surface area contributed by atoms with E-state index in [0.717, 1.165) is 5.56 Å². The highest BCUT2D eigenvalue weighted by Gasteiger charge is 2.17. The predicted octanol–water partition coefficient (Wildman–Crippen LogP) is 3.34. The lowest BCUT2D eigenvalue weighted by Crippen LogP contribution is -2.27. The molecule has 0 heterocycles. The number of nitrogens with one attached hydrogen (secondary N) is 2. The summed E-state index contributed by atoms with van der Waals surface area (Å²) in [6.07, 6.45) is 0. The number of hydrogen-bond donors (Lipinski definition) is 3. The minimum atomic E-state index is -0.669. The first-order chi connectivity index (χ1) is 13.6. The minimum absolute atomic E-state index is 0.129. The van der Waals surface area contributed by atoms with E-state index in [1.54, 1.807) is 36.4 Å². The summed E-state index contributed by atoms with van der Waals surface area (Å²) in [4.78, 5) is 23.9. The largest absolute Gasteiger partial charge is 0.484 e. The molecule has 0 fully saturated rings. The van der Waals surface area contributed by atoms with E-state index < -0.39 is 11.9 Å². The molecular weight excluding hydrogens is 354 g/mol. The van der Waals surface area contributed by atoms with Crippen LogP contribution in [0.15, 0.2) is 84.9 Å². The molecule has 0 spiro atoms. The first kappa shape index (κ1) is 19.0. The zero-order valence-electron chi connectivity index (χ0n) is 15.2. The van der Waals surface area contributed by atoms with Crippen molar-refractivity contribution in [2.75, 3.05) is 17.2 Å². The van der Waals surface area contributed by atoms with Crippen molar-refractivity contribution >= 4 is 23.2 Å². The molecule has 6 heteroatoms. The van der Waals surface area contributed by atoms with Crippen LogP contribution in [0, 0.1) is 0 Å². The summed E-state index contributed by atoms with van der Waals surface area (Å²) in [5, 5.41) is 5.86. The molecule has 1 unspecified atom stereocenters. The van der Waals surface area contributed by atoms with Gasteiger partial charge in [0.2, 0.25) is 5.91 Å². The van der Waals surface area contributed by atoms with Crippen LogP contribution in [0.25, 0.3) is 0 Å². The number of nitrogens with two attached hydrogens (primary N) is 1. The lowest BCUT2D eigenvalue weighted by molar-refractivity contribution is -0.119. The molecule has 0 saturated heterocycles. The van der Waals surface area contributed by atoms with Gasteiger partial charge >= 0.3 is 0 Å². The van der Waals surface area contributed by atoms with Crippen LogP contribution >= 0.6 is 0 Å². The first-order valence-electron chi connectivity index (χ1n) is 8.80. The topological polar surface area (TPSA) is 93.5 Å². The third kappa shape index (κ3) is 5.35. The monoisotopic (exact) mass is 375 g/mol. The molecule has 142 valence electrons. The lowest BCUT2D eigenvalue weighted by atomic mass is 10.1. The average Bonchev–Trinajstić information content (AvgIpc) is 2.72. The maximum atomic E-state index is 12.0. The van der Waals surface area contributed by atoms with Gasteiger partial charge in [-0.15, -0.1) is 0 Å². The van der Waals surface area contributed by atoms with Gasteiger partial charge in [0.15, 0.2) is 6.61 Å². The standard InChI is InChI=1S/C22H21N3O3/c23-22(27)21(16-8-3-1-4-9-16)25-18-12-7-13-19(14-18)28-15-20(26)24-17-10-5-2-6-11-17/h1-14,21,25H,15H2,(H2,23,27)(H,24,26). The van der Waals surface area contributed by atoms with Crippen molar-refractivity contribution in [3.63, 3.8) is 0 Å². The van der Waals surface area contributed by atoms with Crippen molar-refractivity contribution in [1.82, 2.24) is 0 Å². The molecule has 0 aliphatic rings. The summed E-state index contributed by atoms with van der Waals surface area (Å²) in [6, 6.07) is 24.7. The molecule has 0 radical (unpaired) electrons. The highest BCUT2D eigenvalue weighted by molar-refractivity contribution is 5.91. The summed E-state index contributed by atoms with van der Waals surface area (Å²) in [5.41, 5.74) is 7.68. The Labute approximate surface area is 163 Å². The van der Waals surface area contributed by atoms with Crippen molar-refractivity contribution in [3.05, 3.63) is 90.5 Å². The van der Waals surface area contributed by atoms with E-state index >= 15 is 0 Å². The Morgan fingerprint density at radius 2 is 1.50 bits per heavy atom. The van der Waals surface area contributed by atoms with Gasteiger partial charge < -0.3 is 21.1 Å². The van der Waals surface area contributed by atoms with Crippen LogP contribution in [0.3, 0.4) is 0 Å². The molecule has 28 heavy (non-hydrogen) atoms. The molecule has 2 amide bonds. The number of amides is 2. The van der Waals surface area contributed by atoms with E-state index in [9.17, 15) is 9.59 Å². The fourth-order valence-corrected chi connectivity index (χ4v) is 2.67. The molecule has 0 aliphatic heterocycles. The molecule has 1 atom stereocenters. The highest BCUT2D eigenvalue weighted by Crippen LogP contribution is 2.23. The summed E-state index contributed by atoms with van der Waals surface area (Å²) in [7, 11) is 0. The Kier molecular flexibility index (Phi) is 6.25. The van der Waals surface area contributed by atoms with Crippen LogP contribution in [0.1, 0.15) is 11.6 Å². The van der Waals surface area contributed by atoms with Gasteiger partial charge in [-0.05, 0) is 29.8 Å². The Bertz CT molecular complexity index is 930. The van der Waals surface area contributed by atoms with E-state index in [1.165, 1.54) is 0 Å². The Balaban J connectivity index is 1.62. The van der Waals surface area contributed by atoms with E-state index in [2.05, 4.69) is 10.6 Å². The SMILES string of the molecule is NC(=O)C(Nc1cccc(OCC(=O)Nc2ccccc2)c1)c1ccccc1. The second-order valence-electron chi connectivity index (χ2n) is 6.12. The third-order valence-electron chi connectivity index (χ3n) is 3.99. The second-order valence-corrected chi connectivity index (χ2v) is 6.12. The molecule has 4 N–H and O–H groups in total. The highest BCUT2D eigenvalue weighted by atomic mass is 16.5. The number of hydrogen-bond acceptors (Lipinski definition) is 4. The summed E-state index contributed by atoms with van der Waals surface area (Å²) >= 11 is 0. The number of carbonyl (C=O) groups excluding carboxylic acids is 2. The first-order valence-corrected chi connectivity index (χ1v) is 8.80. The Morgan fingerprint density at radius 3 is 2.18 bits per heavy atom. The average molecular weight is 375 g/mol. The van der Waals surface area contributed by atoms with Crippen molar-refractivity contribution < 1.29 is 14.3 Å². The predicted molar refractivity (Wildman–Crippen MR) is 109 cm³/mol. The minimum Gasteiger partial charge on any atom is -0.484 e. The summed E-state index contributed by atoms with van der Waals surface area (Å²) in [6.45, 7) is -0.129. The van der Waals surface area contributed by atoms with Gasteiger partial charge in [0.05, 0.1) is 0 Å². The number of primary amides is 1. The summed E-state index contributed by atoms with van der Waals surface area (Å²) in [5.74, 6) is -0.242. The number of carbonyl (C=O) groups is 2. The van der Waals surface area contributed by atoms with Crippen molar-refractivity contribution in [2.45, 2.75) is 6.04 Å². The normalized spacial score (nSPS) is 11.3. The maximum absolute atomic E-state index is 12.0. The van der Waals surface area contributed by atoms with Crippen molar-refractivity contribution in [2.24, 2.45) is 5.73 Å². The van der Waals surface area contributed by atoms with Crippen LogP contribution in [0.5, 0.6) is 5.75 Å². The van der Waals surface area contributed by atoms with Gasteiger partial charge in [-0.25, -0.2) is 0 Å². The second kappa shape index (κ2) is 9.23. The molecule has 3 aromatic rings. The van der Waals surface area contributed by atoms with Crippen LogP contribution in [-0.2, 0) is 9.59 Å². The molecule has 0 aromatic heterocycles. The Hall–Kier alpha value is -3.80. The van der Waals surface area contributed by atoms with E-state index in [-0.39, 0.29) is 12.5 Å². The number of para-hydroxylation sites is 1. The number of ether oxygens (including phenoxy) is 1. The maximum Gasteiger partial charge on any atom is 0.262 e. The van der Waals surface area contributed by atoms with Crippen LogP contribution in [0.2, 0.25) is 0 Å². The third-order valence-corrected chi connectivity index (χ3v) is 3.99. The van der Waals surface area contributed by atoms with Crippen LogP contribution in [-0.4, -0.2) is 18.4 Å².